The van der Waals surface area contributed by atoms with Gasteiger partial charge in [0.25, 0.3) is 0 Å². The molecule has 1 saturated carbocycles. The SMILES string of the molecule is CCNC(c1ccc(CC)s1)C1CCCCC1(C)C. The Morgan fingerprint density at radius 3 is 2.68 bits per heavy atom. The summed E-state index contributed by atoms with van der Waals surface area (Å²) in [5.74, 6) is 0.782. The monoisotopic (exact) mass is 279 g/mol. The first-order valence-electron chi connectivity index (χ1n) is 7.90. The number of hydrogen-bond donors (Lipinski definition) is 1. The predicted molar refractivity (Wildman–Crippen MR) is 85.9 cm³/mol. The number of thiophene rings is 1. The lowest BCUT2D eigenvalue weighted by molar-refractivity contribution is 0.100. The lowest BCUT2D eigenvalue weighted by atomic mass is 9.65. The van der Waals surface area contributed by atoms with E-state index < -0.39 is 0 Å². The van der Waals surface area contributed by atoms with E-state index in [0.29, 0.717) is 11.5 Å². The Bertz CT molecular complexity index is 394. The molecule has 2 atom stereocenters. The molecule has 0 bridgehead atoms. The van der Waals surface area contributed by atoms with Gasteiger partial charge in [0.2, 0.25) is 0 Å². The summed E-state index contributed by atoms with van der Waals surface area (Å²) >= 11 is 2.01. The zero-order valence-corrected chi connectivity index (χ0v) is 13.8. The second-order valence-corrected chi connectivity index (χ2v) is 7.73. The van der Waals surface area contributed by atoms with Crippen molar-refractivity contribution in [3.63, 3.8) is 0 Å². The molecule has 0 saturated heterocycles. The van der Waals surface area contributed by atoms with Gasteiger partial charge in [-0.2, -0.15) is 0 Å². The van der Waals surface area contributed by atoms with Gasteiger partial charge in [0, 0.05) is 15.8 Å². The smallest absolute Gasteiger partial charge is 0.0448 e. The van der Waals surface area contributed by atoms with Gasteiger partial charge in [-0.1, -0.05) is 40.5 Å². The van der Waals surface area contributed by atoms with Gasteiger partial charge < -0.3 is 5.32 Å². The van der Waals surface area contributed by atoms with Crippen LogP contribution in [-0.2, 0) is 6.42 Å². The Hall–Kier alpha value is -0.340. The van der Waals surface area contributed by atoms with E-state index in [1.54, 1.807) is 4.88 Å². The van der Waals surface area contributed by atoms with Crippen LogP contribution in [-0.4, -0.2) is 6.54 Å². The molecule has 1 aromatic heterocycles. The normalized spacial score (nSPS) is 24.3. The molecule has 1 nitrogen and oxygen atoms in total. The third kappa shape index (κ3) is 3.41. The van der Waals surface area contributed by atoms with Crippen LogP contribution in [0.4, 0.5) is 0 Å². The van der Waals surface area contributed by atoms with Gasteiger partial charge in [-0.05, 0) is 49.3 Å². The van der Waals surface area contributed by atoms with E-state index in [1.807, 2.05) is 11.3 Å². The molecule has 1 aliphatic rings. The van der Waals surface area contributed by atoms with Crippen molar-refractivity contribution in [1.29, 1.82) is 0 Å². The maximum atomic E-state index is 3.77. The number of aryl methyl sites for hydroxylation is 1. The van der Waals surface area contributed by atoms with Gasteiger partial charge in [0.05, 0.1) is 0 Å². The van der Waals surface area contributed by atoms with E-state index in [0.717, 1.165) is 18.9 Å². The predicted octanol–water partition coefficient (Wildman–Crippen LogP) is 5.18. The topological polar surface area (TPSA) is 12.0 Å². The van der Waals surface area contributed by atoms with Crippen LogP contribution in [0.1, 0.15) is 69.2 Å². The molecule has 1 heterocycles. The number of nitrogens with one attached hydrogen (secondary N) is 1. The van der Waals surface area contributed by atoms with Crippen LogP contribution in [0.5, 0.6) is 0 Å². The largest absolute Gasteiger partial charge is 0.309 e. The average Bonchev–Trinajstić information content (AvgIpc) is 2.85. The molecule has 108 valence electrons. The zero-order chi connectivity index (χ0) is 13.9. The van der Waals surface area contributed by atoms with Crippen LogP contribution in [0.2, 0.25) is 0 Å². The minimum atomic E-state index is 0.474. The minimum Gasteiger partial charge on any atom is -0.309 e. The number of hydrogen-bond acceptors (Lipinski definition) is 2. The average molecular weight is 279 g/mol. The summed E-state index contributed by atoms with van der Waals surface area (Å²) in [6.45, 7) is 10.5. The molecule has 0 radical (unpaired) electrons. The third-order valence-electron chi connectivity index (χ3n) is 4.75. The minimum absolute atomic E-state index is 0.474. The van der Waals surface area contributed by atoms with Crippen molar-refractivity contribution in [2.24, 2.45) is 11.3 Å². The van der Waals surface area contributed by atoms with Crippen molar-refractivity contribution < 1.29 is 0 Å². The Morgan fingerprint density at radius 1 is 1.32 bits per heavy atom. The van der Waals surface area contributed by atoms with Crippen LogP contribution >= 0.6 is 11.3 Å². The van der Waals surface area contributed by atoms with Gasteiger partial charge in [-0.15, -0.1) is 11.3 Å². The first-order chi connectivity index (χ1) is 9.08. The highest BCUT2D eigenvalue weighted by Crippen LogP contribution is 2.47. The molecule has 0 spiro atoms. The van der Waals surface area contributed by atoms with E-state index in [4.69, 9.17) is 0 Å². The maximum absolute atomic E-state index is 3.77. The van der Waals surface area contributed by atoms with Crippen LogP contribution < -0.4 is 5.32 Å². The Morgan fingerprint density at radius 2 is 2.11 bits per heavy atom. The Balaban J connectivity index is 2.23. The Kier molecular flexibility index (Phi) is 5.08. The van der Waals surface area contributed by atoms with E-state index in [-0.39, 0.29) is 0 Å². The summed E-state index contributed by atoms with van der Waals surface area (Å²) in [5, 5.41) is 3.77. The highest BCUT2D eigenvalue weighted by atomic mass is 32.1. The molecular weight excluding hydrogens is 250 g/mol. The standard InChI is InChI=1S/C17H29NS/c1-5-13-10-11-15(19-13)16(18-6-2)14-9-7-8-12-17(14,3)4/h10-11,14,16,18H,5-9,12H2,1-4H3. The zero-order valence-electron chi connectivity index (χ0n) is 13.0. The van der Waals surface area contributed by atoms with E-state index in [2.05, 4.69) is 45.1 Å². The van der Waals surface area contributed by atoms with Gasteiger partial charge in [-0.3, -0.25) is 0 Å². The van der Waals surface area contributed by atoms with Crippen molar-refractivity contribution in [2.45, 2.75) is 65.8 Å². The molecule has 2 rings (SSSR count). The summed E-state index contributed by atoms with van der Waals surface area (Å²) < 4.78 is 0. The van der Waals surface area contributed by atoms with Crippen molar-refractivity contribution in [2.75, 3.05) is 6.54 Å². The molecule has 1 fully saturated rings. The summed E-state index contributed by atoms with van der Waals surface area (Å²) in [6, 6.07) is 5.24. The van der Waals surface area contributed by atoms with Gasteiger partial charge in [0.1, 0.15) is 0 Å². The van der Waals surface area contributed by atoms with Crippen molar-refractivity contribution in [1.82, 2.24) is 5.32 Å². The summed E-state index contributed by atoms with van der Waals surface area (Å²) in [4.78, 5) is 3.07. The van der Waals surface area contributed by atoms with Gasteiger partial charge >= 0.3 is 0 Å². The fourth-order valence-corrected chi connectivity index (χ4v) is 4.65. The molecule has 2 heteroatoms. The highest BCUT2D eigenvalue weighted by molar-refractivity contribution is 7.12. The lowest BCUT2D eigenvalue weighted by Gasteiger charge is -2.43. The van der Waals surface area contributed by atoms with E-state index in [9.17, 15) is 0 Å². The first-order valence-corrected chi connectivity index (χ1v) is 8.72. The third-order valence-corrected chi connectivity index (χ3v) is 6.07. The molecule has 0 amide bonds. The molecule has 1 N–H and O–H groups in total. The fraction of sp³-hybridized carbons (Fsp3) is 0.765. The maximum Gasteiger partial charge on any atom is 0.0448 e. The van der Waals surface area contributed by atoms with Crippen molar-refractivity contribution in [3.05, 3.63) is 21.9 Å². The second kappa shape index (κ2) is 6.41. The van der Waals surface area contributed by atoms with Gasteiger partial charge in [-0.25, -0.2) is 0 Å². The van der Waals surface area contributed by atoms with Gasteiger partial charge in [0.15, 0.2) is 0 Å². The lowest BCUT2D eigenvalue weighted by Crippen LogP contribution is -2.38. The fourth-order valence-electron chi connectivity index (χ4n) is 3.55. The number of rotatable bonds is 5. The van der Waals surface area contributed by atoms with E-state index >= 15 is 0 Å². The quantitative estimate of drug-likeness (QED) is 0.783. The van der Waals surface area contributed by atoms with Crippen molar-refractivity contribution >= 4 is 11.3 Å². The summed E-state index contributed by atoms with van der Waals surface area (Å²) in [6.07, 6.45) is 6.74. The molecule has 19 heavy (non-hydrogen) atoms. The summed E-state index contributed by atoms with van der Waals surface area (Å²) in [7, 11) is 0. The van der Waals surface area contributed by atoms with Crippen LogP contribution in [0.25, 0.3) is 0 Å². The van der Waals surface area contributed by atoms with Crippen molar-refractivity contribution in [3.8, 4) is 0 Å². The molecule has 0 aromatic carbocycles. The first kappa shape index (κ1) is 15.1. The van der Waals surface area contributed by atoms with Crippen LogP contribution in [0.3, 0.4) is 0 Å². The molecule has 1 aliphatic carbocycles. The Labute approximate surface area is 122 Å². The highest BCUT2D eigenvalue weighted by Gasteiger charge is 2.38. The van der Waals surface area contributed by atoms with E-state index in [1.165, 1.54) is 30.6 Å². The van der Waals surface area contributed by atoms with Crippen LogP contribution in [0.15, 0.2) is 12.1 Å². The molecule has 0 aliphatic heterocycles. The molecule has 1 aromatic rings. The second-order valence-electron chi connectivity index (χ2n) is 6.53. The molecule has 2 unspecified atom stereocenters. The van der Waals surface area contributed by atoms with Crippen LogP contribution in [0, 0.1) is 11.3 Å². The summed E-state index contributed by atoms with van der Waals surface area (Å²) in [5.41, 5.74) is 0.474. The molecular formula is C17H29NS.